The average molecular weight is 480 g/mol. The fraction of sp³-hybridized carbons (Fsp3) is 0.448. The first-order valence-electron chi connectivity index (χ1n) is 12.1. The van der Waals surface area contributed by atoms with Crippen LogP contribution in [0.2, 0.25) is 18.1 Å². The third-order valence-electron chi connectivity index (χ3n) is 7.00. The maximum absolute atomic E-state index is 6.98. The molecule has 0 spiro atoms. The molecule has 0 unspecified atom stereocenters. The van der Waals surface area contributed by atoms with Crippen LogP contribution in [0.1, 0.15) is 47.2 Å². The lowest BCUT2D eigenvalue weighted by Crippen LogP contribution is -2.46. The first-order chi connectivity index (χ1) is 15.4. The van der Waals surface area contributed by atoms with Crippen molar-refractivity contribution in [2.24, 2.45) is 18.9 Å². The smallest absolute Gasteiger partial charge is 0.192 e. The molecule has 3 rings (SSSR count). The van der Waals surface area contributed by atoms with Crippen molar-refractivity contribution in [1.29, 1.82) is 0 Å². The summed E-state index contributed by atoms with van der Waals surface area (Å²) in [6.07, 6.45) is 2.64. The van der Waals surface area contributed by atoms with E-state index in [1.165, 1.54) is 26.4 Å². The number of fused-ring (bicyclic) bond motifs is 1. The molecule has 3 aromatic rings. The van der Waals surface area contributed by atoms with E-state index in [0.29, 0.717) is 11.8 Å². The van der Waals surface area contributed by atoms with Gasteiger partial charge in [0, 0.05) is 33.7 Å². The molecular formula is C29H41NOSSi. The lowest BCUT2D eigenvalue weighted by atomic mass is 9.94. The van der Waals surface area contributed by atoms with Gasteiger partial charge in [0.1, 0.15) is 0 Å². The van der Waals surface area contributed by atoms with Crippen LogP contribution in [0.3, 0.4) is 0 Å². The molecule has 2 atom stereocenters. The van der Waals surface area contributed by atoms with Gasteiger partial charge in [-0.05, 0) is 48.3 Å². The number of thioether (sulfide) groups is 1. The molecule has 2 aromatic carbocycles. The Morgan fingerprint density at radius 3 is 2.15 bits per heavy atom. The Morgan fingerprint density at radius 1 is 0.970 bits per heavy atom. The predicted molar refractivity (Wildman–Crippen MR) is 149 cm³/mol. The molecule has 1 heterocycles. The van der Waals surface area contributed by atoms with E-state index in [0.717, 1.165) is 0 Å². The number of benzene rings is 2. The summed E-state index contributed by atoms with van der Waals surface area (Å²) in [6.45, 7) is 18.6. The van der Waals surface area contributed by atoms with Crippen LogP contribution < -0.4 is 0 Å². The molecule has 0 aliphatic heterocycles. The maximum Gasteiger partial charge on any atom is 0.192 e. The normalized spacial score (nSPS) is 15.3. The molecule has 178 valence electrons. The van der Waals surface area contributed by atoms with Gasteiger partial charge < -0.3 is 8.99 Å². The third kappa shape index (κ3) is 6.03. The summed E-state index contributed by atoms with van der Waals surface area (Å²) >= 11 is 1.85. The topological polar surface area (TPSA) is 14.2 Å². The highest BCUT2D eigenvalue weighted by Gasteiger charge is 2.40. The maximum atomic E-state index is 6.98. The van der Waals surface area contributed by atoms with Crippen molar-refractivity contribution in [2.75, 3.05) is 0 Å². The summed E-state index contributed by atoms with van der Waals surface area (Å²) in [6, 6.07) is 21.6. The monoisotopic (exact) mass is 479 g/mol. The molecule has 1 aromatic heterocycles. The van der Waals surface area contributed by atoms with Crippen LogP contribution in [-0.2, 0) is 11.5 Å². The minimum Gasteiger partial charge on any atom is -0.413 e. The van der Waals surface area contributed by atoms with Crippen LogP contribution in [0.25, 0.3) is 15.8 Å². The largest absolute Gasteiger partial charge is 0.413 e. The molecule has 4 heteroatoms. The van der Waals surface area contributed by atoms with Crippen molar-refractivity contribution < 1.29 is 4.43 Å². The van der Waals surface area contributed by atoms with Gasteiger partial charge in [-0.1, -0.05) is 95.8 Å². The molecule has 0 saturated heterocycles. The van der Waals surface area contributed by atoms with Crippen molar-refractivity contribution in [3.05, 3.63) is 72.4 Å². The van der Waals surface area contributed by atoms with Crippen molar-refractivity contribution in [2.45, 2.75) is 70.7 Å². The zero-order valence-electron chi connectivity index (χ0n) is 21.8. The molecule has 0 bridgehead atoms. The Hall–Kier alpha value is -1.75. The fourth-order valence-corrected chi connectivity index (χ4v) is 6.66. The number of hydrogen-bond donors (Lipinski definition) is 0. The summed E-state index contributed by atoms with van der Waals surface area (Å²) in [5.74, 6) is 0.740. The molecule has 0 fully saturated rings. The summed E-state index contributed by atoms with van der Waals surface area (Å²) in [4.78, 5) is 2.55. The van der Waals surface area contributed by atoms with E-state index in [2.05, 4.69) is 133 Å². The molecular weight excluding hydrogens is 438 g/mol. The summed E-state index contributed by atoms with van der Waals surface area (Å²) in [5.41, 5.74) is 2.52. The van der Waals surface area contributed by atoms with Gasteiger partial charge in [-0.15, -0.1) is 0 Å². The predicted octanol–water partition coefficient (Wildman–Crippen LogP) is 8.99. The van der Waals surface area contributed by atoms with Crippen molar-refractivity contribution in [3.8, 4) is 0 Å². The van der Waals surface area contributed by atoms with E-state index in [1.807, 2.05) is 11.8 Å². The lowest BCUT2D eigenvalue weighted by molar-refractivity contribution is 0.101. The van der Waals surface area contributed by atoms with E-state index < -0.39 is 8.32 Å². The summed E-state index contributed by atoms with van der Waals surface area (Å²) in [7, 11) is 0.298. The van der Waals surface area contributed by atoms with Crippen LogP contribution in [-0.4, -0.2) is 19.0 Å². The Balaban J connectivity index is 2.04. The highest BCUT2D eigenvalue weighted by atomic mass is 32.2. The van der Waals surface area contributed by atoms with Crippen LogP contribution >= 0.6 is 11.8 Å². The first-order valence-corrected chi connectivity index (χ1v) is 15.8. The molecule has 0 N–H and O–H groups in total. The van der Waals surface area contributed by atoms with Crippen molar-refractivity contribution in [3.63, 3.8) is 0 Å². The molecule has 0 radical (unpaired) electrons. The van der Waals surface area contributed by atoms with Gasteiger partial charge in [0.05, 0.1) is 11.8 Å². The standard InChI is InChI=1S/C29H41NOSSi/c1-21(2)28(31-33(8,9)29(4,5)6)22(3)19-27(32-24-16-11-10-12-17-24)26-20-23-15-13-14-18-25(23)30(26)7/h10-22,28H,1-9H3/b27-19-/t22-,28+/m0/s1. The van der Waals surface area contributed by atoms with Gasteiger partial charge in [0.2, 0.25) is 0 Å². The molecule has 0 aliphatic carbocycles. The van der Waals surface area contributed by atoms with Crippen LogP contribution in [0.15, 0.2) is 71.6 Å². The highest BCUT2D eigenvalue weighted by molar-refractivity contribution is 8.08. The number of aryl methyl sites for hydroxylation is 1. The number of nitrogens with zero attached hydrogens (tertiary/aromatic N) is 1. The Morgan fingerprint density at radius 2 is 1.58 bits per heavy atom. The van der Waals surface area contributed by atoms with Crippen LogP contribution in [0.4, 0.5) is 0 Å². The number of aromatic nitrogens is 1. The van der Waals surface area contributed by atoms with Crippen LogP contribution in [0, 0.1) is 11.8 Å². The van der Waals surface area contributed by atoms with E-state index in [9.17, 15) is 0 Å². The first kappa shape index (κ1) is 25.9. The number of hydrogen-bond acceptors (Lipinski definition) is 2. The summed E-state index contributed by atoms with van der Waals surface area (Å²) < 4.78 is 9.30. The second-order valence-corrected chi connectivity index (χ2v) is 16.9. The van der Waals surface area contributed by atoms with Gasteiger partial charge in [0.15, 0.2) is 8.32 Å². The second-order valence-electron chi connectivity index (χ2n) is 11.0. The van der Waals surface area contributed by atoms with E-state index in [-0.39, 0.29) is 11.1 Å². The number of rotatable bonds is 8. The highest BCUT2D eigenvalue weighted by Crippen LogP contribution is 2.41. The van der Waals surface area contributed by atoms with Crippen molar-refractivity contribution in [1.82, 2.24) is 4.57 Å². The third-order valence-corrected chi connectivity index (χ3v) is 12.5. The minimum atomic E-state index is -1.88. The zero-order valence-corrected chi connectivity index (χ0v) is 23.7. The lowest BCUT2D eigenvalue weighted by Gasteiger charge is -2.42. The quantitative estimate of drug-likeness (QED) is 0.236. The molecule has 0 saturated carbocycles. The molecule has 33 heavy (non-hydrogen) atoms. The van der Waals surface area contributed by atoms with E-state index >= 15 is 0 Å². The van der Waals surface area contributed by atoms with Gasteiger partial charge >= 0.3 is 0 Å². The second kappa shape index (κ2) is 10.2. The van der Waals surface area contributed by atoms with Crippen molar-refractivity contribution >= 4 is 35.9 Å². The molecule has 2 nitrogen and oxygen atoms in total. The Kier molecular flexibility index (Phi) is 8.03. The Bertz CT molecular complexity index is 1090. The average Bonchev–Trinajstić information content (AvgIpc) is 3.08. The van der Waals surface area contributed by atoms with Gasteiger partial charge in [-0.2, -0.15) is 0 Å². The molecule has 0 aliphatic rings. The molecule has 0 amide bonds. The van der Waals surface area contributed by atoms with Gasteiger partial charge in [-0.3, -0.25) is 0 Å². The van der Waals surface area contributed by atoms with Gasteiger partial charge in [0.25, 0.3) is 0 Å². The fourth-order valence-electron chi connectivity index (χ4n) is 4.01. The minimum absolute atomic E-state index is 0.187. The zero-order chi connectivity index (χ0) is 24.4. The van der Waals surface area contributed by atoms with Crippen LogP contribution in [0.5, 0.6) is 0 Å². The number of para-hydroxylation sites is 1. The van der Waals surface area contributed by atoms with Gasteiger partial charge in [-0.25, -0.2) is 0 Å². The Labute approximate surface area is 206 Å². The SMILES string of the molecule is CC(C)[C@@H](O[Si](C)(C)C(C)(C)C)[C@@H](C)/C=C(\Sc1ccccc1)c1cc2ccccc2n1C. The van der Waals surface area contributed by atoms with E-state index in [4.69, 9.17) is 4.43 Å². The summed E-state index contributed by atoms with van der Waals surface area (Å²) in [5, 5.41) is 1.47. The van der Waals surface area contributed by atoms with E-state index in [1.54, 1.807) is 0 Å².